The van der Waals surface area contributed by atoms with E-state index in [-0.39, 0.29) is 31.8 Å². The summed E-state index contributed by atoms with van der Waals surface area (Å²) in [7, 11) is 0. The molecule has 4 aromatic carbocycles. The van der Waals surface area contributed by atoms with E-state index >= 15 is 0 Å². The summed E-state index contributed by atoms with van der Waals surface area (Å²) in [5, 5.41) is 12.1. The van der Waals surface area contributed by atoms with E-state index in [9.17, 15) is 19.5 Å². The number of amides is 3. The first-order valence-corrected chi connectivity index (χ1v) is 17.7. The van der Waals surface area contributed by atoms with Gasteiger partial charge in [-0.15, -0.1) is 11.3 Å². The minimum Gasteiger partial charge on any atom is -0.445 e. The number of thioether (sulfide) groups is 1. The standard InChI is InChI=1S/C37H33N3O7S2/c41-20-23-13-15-25(16-14-23)31-18-28(22-48-37-39-29-11-4-5-12-32(29)49-37)46-35(47-31)26-9-6-10-27(17-26)40-33(42)19-30(34(40)43)38-36(44)45-21-24-7-2-1-3-8-24/h1-17,28,30-31,35,41H,18-22H2,(H,38,44)/t28-,30?,31+,35+/m1/s1. The molecule has 12 heteroatoms. The molecule has 2 saturated heterocycles. The molecule has 3 amide bonds. The number of aromatic nitrogens is 1. The van der Waals surface area contributed by atoms with Crippen LogP contribution in [0.2, 0.25) is 0 Å². The molecule has 7 rings (SSSR count). The summed E-state index contributed by atoms with van der Waals surface area (Å²) in [6.45, 7) is -0.00763. The molecule has 49 heavy (non-hydrogen) atoms. The molecule has 10 nitrogen and oxygen atoms in total. The number of nitrogens with one attached hydrogen (secondary N) is 1. The lowest BCUT2D eigenvalue weighted by Gasteiger charge is -2.36. The highest BCUT2D eigenvalue weighted by Gasteiger charge is 2.41. The lowest BCUT2D eigenvalue weighted by Crippen LogP contribution is -2.42. The highest BCUT2D eigenvalue weighted by molar-refractivity contribution is 8.01. The van der Waals surface area contributed by atoms with E-state index in [1.807, 2.05) is 78.9 Å². The number of imide groups is 1. The average Bonchev–Trinajstić information content (AvgIpc) is 3.69. The monoisotopic (exact) mass is 695 g/mol. The third kappa shape index (κ3) is 7.69. The molecule has 1 aromatic heterocycles. The Hall–Kier alpha value is -4.59. The molecule has 0 saturated carbocycles. The molecule has 2 fully saturated rings. The van der Waals surface area contributed by atoms with Crippen molar-refractivity contribution in [2.75, 3.05) is 10.7 Å². The summed E-state index contributed by atoms with van der Waals surface area (Å²) >= 11 is 3.28. The van der Waals surface area contributed by atoms with E-state index in [1.54, 1.807) is 41.3 Å². The van der Waals surface area contributed by atoms with E-state index in [4.69, 9.17) is 19.2 Å². The number of alkyl carbamates (subject to hydrolysis) is 1. The normalized spacial score (nSPS) is 20.9. The van der Waals surface area contributed by atoms with Crippen LogP contribution < -0.4 is 10.2 Å². The molecular formula is C37H33N3O7S2. The van der Waals surface area contributed by atoms with Crippen LogP contribution >= 0.6 is 23.1 Å². The van der Waals surface area contributed by atoms with Crippen LogP contribution in [0.15, 0.2) is 107 Å². The zero-order valence-corrected chi connectivity index (χ0v) is 27.9. The number of hydrogen-bond acceptors (Lipinski definition) is 10. The molecule has 0 bridgehead atoms. The van der Waals surface area contributed by atoms with Crippen molar-refractivity contribution in [3.05, 3.63) is 125 Å². The Balaban J connectivity index is 1.06. The zero-order chi connectivity index (χ0) is 33.7. The molecule has 4 atom stereocenters. The smallest absolute Gasteiger partial charge is 0.408 e. The van der Waals surface area contributed by atoms with Crippen molar-refractivity contribution in [3.8, 4) is 0 Å². The Kier molecular flexibility index (Phi) is 10.0. The average molecular weight is 696 g/mol. The summed E-state index contributed by atoms with van der Waals surface area (Å²) < 4.78 is 20.4. The number of rotatable bonds is 10. The first-order valence-electron chi connectivity index (χ1n) is 15.9. The number of hydrogen-bond donors (Lipinski definition) is 2. The minimum absolute atomic E-state index is 0.0430. The summed E-state index contributed by atoms with van der Waals surface area (Å²) in [5.41, 5.74) is 4.53. The fourth-order valence-corrected chi connectivity index (χ4v) is 7.95. The van der Waals surface area contributed by atoms with Crippen molar-refractivity contribution in [1.82, 2.24) is 10.3 Å². The fourth-order valence-electron chi connectivity index (χ4n) is 5.83. The predicted molar refractivity (Wildman–Crippen MR) is 186 cm³/mol. The number of fused-ring (bicyclic) bond motifs is 1. The minimum atomic E-state index is -1.04. The zero-order valence-electron chi connectivity index (χ0n) is 26.3. The van der Waals surface area contributed by atoms with Gasteiger partial charge in [-0.3, -0.25) is 9.59 Å². The molecule has 0 radical (unpaired) electrons. The van der Waals surface area contributed by atoms with E-state index in [2.05, 4.69) is 11.4 Å². The van der Waals surface area contributed by atoms with Crippen molar-refractivity contribution < 1.29 is 33.7 Å². The van der Waals surface area contributed by atoms with Gasteiger partial charge in [-0.25, -0.2) is 14.7 Å². The highest BCUT2D eigenvalue weighted by Crippen LogP contribution is 2.41. The predicted octanol–water partition coefficient (Wildman–Crippen LogP) is 6.68. The summed E-state index contributed by atoms with van der Waals surface area (Å²) in [6.07, 6.45) is -1.65. The van der Waals surface area contributed by atoms with Gasteiger partial charge in [0.05, 0.1) is 41.1 Å². The Morgan fingerprint density at radius 2 is 1.73 bits per heavy atom. The van der Waals surface area contributed by atoms with Crippen LogP contribution in [0.25, 0.3) is 10.2 Å². The molecule has 0 spiro atoms. The van der Waals surface area contributed by atoms with Gasteiger partial charge in [-0.2, -0.15) is 0 Å². The van der Waals surface area contributed by atoms with Gasteiger partial charge in [0.25, 0.3) is 5.91 Å². The maximum atomic E-state index is 13.4. The molecule has 5 aromatic rings. The van der Waals surface area contributed by atoms with Crippen molar-refractivity contribution >= 4 is 56.9 Å². The highest BCUT2D eigenvalue weighted by atomic mass is 32.2. The van der Waals surface area contributed by atoms with Crippen molar-refractivity contribution in [1.29, 1.82) is 0 Å². The maximum Gasteiger partial charge on any atom is 0.408 e. The molecular weight excluding hydrogens is 663 g/mol. The van der Waals surface area contributed by atoms with Gasteiger partial charge in [-0.05, 0) is 41.0 Å². The van der Waals surface area contributed by atoms with Gasteiger partial charge in [0.15, 0.2) is 10.6 Å². The Labute approximate surface area is 291 Å². The quantitative estimate of drug-likeness (QED) is 0.121. The van der Waals surface area contributed by atoms with Gasteiger partial charge in [0.1, 0.15) is 12.6 Å². The van der Waals surface area contributed by atoms with Crippen LogP contribution in [0.3, 0.4) is 0 Å². The third-order valence-electron chi connectivity index (χ3n) is 8.33. The fraction of sp³-hybridized carbons (Fsp3) is 0.243. The number of aliphatic hydroxyl groups excluding tert-OH is 1. The number of benzene rings is 4. The van der Waals surface area contributed by atoms with E-state index in [1.165, 1.54) is 0 Å². The number of ether oxygens (including phenoxy) is 3. The van der Waals surface area contributed by atoms with Gasteiger partial charge in [-0.1, -0.05) is 90.6 Å². The van der Waals surface area contributed by atoms with Crippen LogP contribution in [-0.2, 0) is 37.0 Å². The SMILES string of the molecule is O=C(NC1CC(=O)N(c2cccc([C@H]3O[C@@H](CSc4nc5ccccc5s4)C[C@@H](c4ccc(CO)cc4)O3)c2)C1=O)OCc1ccccc1. The van der Waals surface area contributed by atoms with Crippen LogP contribution in [0.4, 0.5) is 10.5 Å². The largest absolute Gasteiger partial charge is 0.445 e. The number of nitrogens with zero attached hydrogens (tertiary/aromatic N) is 2. The number of thiazole rings is 1. The topological polar surface area (TPSA) is 127 Å². The number of anilines is 1. The summed E-state index contributed by atoms with van der Waals surface area (Å²) in [5.74, 6) is -0.342. The number of carbonyl (C=O) groups is 3. The van der Waals surface area contributed by atoms with Crippen LogP contribution in [0, 0.1) is 0 Å². The van der Waals surface area contributed by atoms with Crippen LogP contribution in [0.5, 0.6) is 0 Å². The van der Waals surface area contributed by atoms with Gasteiger partial charge in [0.2, 0.25) is 5.91 Å². The summed E-state index contributed by atoms with van der Waals surface area (Å²) in [4.78, 5) is 44.8. The molecule has 3 heterocycles. The van der Waals surface area contributed by atoms with Crippen molar-refractivity contribution in [3.63, 3.8) is 0 Å². The van der Waals surface area contributed by atoms with Crippen LogP contribution in [0.1, 0.15) is 47.5 Å². The van der Waals surface area contributed by atoms with E-state index in [0.717, 1.165) is 36.1 Å². The van der Waals surface area contributed by atoms with E-state index < -0.39 is 30.2 Å². The van der Waals surface area contributed by atoms with Gasteiger partial charge in [0, 0.05) is 17.7 Å². The lowest BCUT2D eigenvalue weighted by atomic mass is 10.0. The maximum absolute atomic E-state index is 13.4. The first kappa shape index (κ1) is 32.9. The molecule has 2 N–H and O–H groups in total. The number of para-hydroxylation sites is 1. The molecule has 2 aliphatic heterocycles. The van der Waals surface area contributed by atoms with E-state index in [0.29, 0.717) is 23.4 Å². The lowest BCUT2D eigenvalue weighted by molar-refractivity contribution is -0.245. The third-order valence-corrected chi connectivity index (χ3v) is 10.6. The second-order valence-electron chi connectivity index (χ2n) is 11.7. The number of aliphatic hydroxyl groups is 1. The van der Waals surface area contributed by atoms with Gasteiger partial charge < -0.3 is 24.6 Å². The van der Waals surface area contributed by atoms with Crippen molar-refractivity contribution in [2.24, 2.45) is 0 Å². The first-order chi connectivity index (χ1) is 23.9. The number of carbonyl (C=O) groups excluding carboxylic acids is 3. The molecule has 2 aliphatic rings. The Morgan fingerprint density at radius 1 is 0.939 bits per heavy atom. The van der Waals surface area contributed by atoms with Crippen molar-refractivity contribution in [2.45, 2.75) is 54.9 Å². The molecule has 1 unspecified atom stereocenters. The Bertz CT molecular complexity index is 1920. The summed E-state index contributed by atoms with van der Waals surface area (Å²) in [6, 6.07) is 30.8. The van der Waals surface area contributed by atoms with Crippen LogP contribution in [-0.4, -0.2) is 45.9 Å². The second kappa shape index (κ2) is 14.9. The second-order valence-corrected chi connectivity index (χ2v) is 14.0. The molecule has 250 valence electrons. The van der Waals surface area contributed by atoms with Gasteiger partial charge >= 0.3 is 6.09 Å². The Morgan fingerprint density at radius 3 is 2.53 bits per heavy atom. The molecule has 0 aliphatic carbocycles.